The number of ether oxygens (including phenoxy) is 1. The van der Waals surface area contributed by atoms with Crippen LogP contribution in [0.4, 0.5) is 13.2 Å². The first-order valence-corrected chi connectivity index (χ1v) is 11.2. The third-order valence-electron chi connectivity index (χ3n) is 4.98. The van der Waals surface area contributed by atoms with Gasteiger partial charge in [0.15, 0.2) is 5.16 Å². The lowest BCUT2D eigenvalue weighted by atomic mass is 10.1. The van der Waals surface area contributed by atoms with Crippen LogP contribution in [0.25, 0.3) is 0 Å². The molecule has 0 saturated carbocycles. The molecule has 0 fully saturated rings. The molecule has 6 nitrogen and oxygen atoms in total. The molecule has 1 atom stereocenters. The molecule has 1 amide bonds. The maximum absolute atomic E-state index is 12.8. The zero-order valence-electron chi connectivity index (χ0n) is 18.5. The number of benzene rings is 2. The topological polar surface area (TPSA) is 69.0 Å². The van der Waals surface area contributed by atoms with E-state index in [4.69, 9.17) is 4.74 Å². The number of hydrogen-bond acceptors (Lipinski definition) is 5. The van der Waals surface area contributed by atoms with Gasteiger partial charge in [0.25, 0.3) is 5.91 Å². The summed E-state index contributed by atoms with van der Waals surface area (Å²) in [7, 11) is 1.65. The van der Waals surface area contributed by atoms with E-state index in [9.17, 15) is 18.0 Å². The van der Waals surface area contributed by atoms with E-state index in [1.54, 1.807) is 37.1 Å². The molecule has 0 unspecified atom stereocenters. The molecule has 0 bridgehead atoms. The highest BCUT2D eigenvalue weighted by Gasteiger charge is 2.30. The van der Waals surface area contributed by atoms with Crippen molar-refractivity contribution >= 4 is 17.7 Å². The average Bonchev–Trinajstić information content (AvgIpc) is 3.16. The molecule has 33 heavy (non-hydrogen) atoms. The zero-order valence-corrected chi connectivity index (χ0v) is 19.3. The summed E-state index contributed by atoms with van der Waals surface area (Å²) < 4.78 is 45.8. The number of nitrogens with zero attached hydrogens (tertiary/aromatic N) is 3. The summed E-state index contributed by atoms with van der Waals surface area (Å²) in [5.41, 5.74) is 1.08. The largest absolute Gasteiger partial charge is 0.416 e. The van der Waals surface area contributed by atoms with Gasteiger partial charge in [-0.3, -0.25) is 4.79 Å². The van der Waals surface area contributed by atoms with E-state index >= 15 is 0 Å². The first-order chi connectivity index (χ1) is 15.7. The standard InChI is InChI=1S/C23H25F3N4O2S/c1-15(13-32-3)30-16(2)28-29-22(30)33-14-17-7-9-19(10-8-17)21(31)27-12-18-5-4-6-20(11-18)23(24,25)26/h4-11,15H,12-14H2,1-3H3,(H,27,31)/t15-/m1/s1. The van der Waals surface area contributed by atoms with E-state index in [-0.39, 0.29) is 18.5 Å². The Balaban J connectivity index is 1.57. The molecule has 1 heterocycles. The fourth-order valence-corrected chi connectivity index (χ4v) is 4.35. The van der Waals surface area contributed by atoms with E-state index in [0.29, 0.717) is 23.5 Å². The van der Waals surface area contributed by atoms with Gasteiger partial charge >= 0.3 is 6.18 Å². The maximum Gasteiger partial charge on any atom is 0.416 e. The number of carbonyl (C=O) groups is 1. The molecule has 0 saturated heterocycles. The first kappa shape index (κ1) is 24.8. The number of carbonyl (C=O) groups excluding carboxylic acids is 1. The van der Waals surface area contributed by atoms with E-state index in [2.05, 4.69) is 15.5 Å². The smallest absolute Gasteiger partial charge is 0.383 e. The fourth-order valence-electron chi connectivity index (χ4n) is 3.31. The molecule has 3 rings (SSSR count). The molecule has 0 aliphatic heterocycles. The number of rotatable bonds is 9. The Morgan fingerprint density at radius 2 is 1.88 bits per heavy atom. The Labute approximate surface area is 194 Å². The molecule has 1 N–H and O–H groups in total. The van der Waals surface area contributed by atoms with Gasteiger partial charge in [0.05, 0.1) is 18.2 Å². The molecular weight excluding hydrogens is 453 g/mol. The molecule has 0 radical (unpaired) electrons. The summed E-state index contributed by atoms with van der Waals surface area (Å²) >= 11 is 1.54. The number of nitrogens with one attached hydrogen (secondary N) is 1. The Kier molecular flexibility index (Phi) is 8.15. The Morgan fingerprint density at radius 1 is 1.15 bits per heavy atom. The highest BCUT2D eigenvalue weighted by atomic mass is 32.2. The lowest BCUT2D eigenvalue weighted by Crippen LogP contribution is -2.23. The fraction of sp³-hybridized carbons (Fsp3) is 0.348. The molecule has 3 aromatic rings. The van der Waals surface area contributed by atoms with Crippen molar-refractivity contribution in [2.45, 2.75) is 43.5 Å². The normalized spacial score (nSPS) is 12.5. The Bertz CT molecular complexity index is 1080. The van der Waals surface area contributed by atoms with Crippen LogP contribution in [-0.2, 0) is 23.2 Å². The summed E-state index contributed by atoms with van der Waals surface area (Å²) in [5, 5.41) is 11.8. The van der Waals surface area contributed by atoms with Crippen LogP contribution in [0.3, 0.4) is 0 Å². The second-order valence-corrected chi connectivity index (χ2v) is 8.51. The summed E-state index contributed by atoms with van der Waals surface area (Å²) in [4.78, 5) is 12.4. The van der Waals surface area contributed by atoms with Crippen molar-refractivity contribution in [2.24, 2.45) is 0 Å². The molecule has 0 aliphatic rings. The number of alkyl halides is 3. The quantitative estimate of drug-likeness (QED) is 0.437. The summed E-state index contributed by atoms with van der Waals surface area (Å²) in [6, 6.07) is 12.1. The minimum Gasteiger partial charge on any atom is -0.383 e. The van der Waals surface area contributed by atoms with Crippen LogP contribution in [-0.4, -0.2) is 34.4 Å². The number of aromatic nitrogens is 3. The third-order valence-corrected chi connectivity index (χ3v) is 5.99. The van der Waals surface area contributed by atoms with Crippen molar-refractivity contribution in [1.29, 1.82) is 0 Å². The van der Waals surface area contributed by atoms with Crippen molar-refractivity contribution in [3.63, 3.8) is 0 Å². The van der Waals surface area contributed by atoms with Crippen molar-refractivity contribution in [1.82, 2.24) is 20.1 Å². The second-order valence-electron chi connectivity index (χ2n) is 7.57. The minimum atomic E-state index is -4.42. The highest BCUT2D eigenvalue weighted by molar-refractivity contribution is 7.98. The molecule has 2 aromatic carbocycles. The molecule has 176 valence electrons. The molecule has 10 heteroatoms. The van der Waals surface area contributed by atoms with Gasteiger partial charge in [-0.2, -0.15) is 13.2 Å². The first-order valence-electron chi connectivity index (χ1n) is 10.3. The number of aryl methyl sites for hydroxylation is 1. The van der Waals surface area contributed by atoms with E-state index in [1.165, 1.54) is 6.07 Å². The molecule has 0 spiro atoms. The lowest BCUT2D eigenvalue weighted by Gasteiger charge is -2.15. The van der Waals surface area contributed by atoms with Crippen molar-refractivity contribution in [2.75, 3.05) is 13.7 Å². The predicted molar refractivity (Wildman–Crippen MR) is 120 cm³/mol. The van der Waals surface area contributed by atoms with Crippen molar-refractivity contribution < 1.29 is 22.7 Å². The zero-order chi connectivity index (χ0) is 24.0. The Hall–Kier alpha value is -2.85. The maximum atomic E-state index is 12.8. The van der Waals surface area contributed by atoms with E-state index in [0.717, 1.165) is 28.7 Å². The molecule has 1 aromatic heterocycles. The second kappa shape index (κ2) is 10.8. The van der Waals surface area contributed by atoms with Crippen LogP contribution in [0.1, 0.15) is 45.8 Å². The molecule has 0 aliphatic carbocycles. The van der Waals surface area contributed by atoms with Crippen molar-refractivity contribution in [3.8, 4) is 0 Å². The number of hydrogen-bond donors (Lipinski definition) is 1. The number of methoxy groups -OCH3 is 1. The van der Waals surface area contributed by atoms with Crippen LogP contribution in [0.5, 0.6) is 0 Å². The third kappa shape index (κ3) is 6.58. The number of halogens is 3. The van der Waals surface area contributed by atoms with Gasteiger partial charge in [0, 0.05) is 25.0 Å². The summed E-state index contributed by atoms with van der Waals surface area (Å²) in [6.45, 7) is 4.50. The van der Waals surface area contributed by atoms with Crippen LogP contribution in [0, 0.1) is 6.92 Å². The van der Waals surface area contributed by atoms with Gasteiger partial charge in [-0.15, -0.1) is 10.2 Å². The average molecular weight is 479 g/mol. The lowest BCUT2D eigenvalue weighted by molar-refractivity contribution is -0.137. The number of amides is 1. The monoisotopic (exact) mass is 478 g/mol. The van der Waals surface area contributed by atoms with E-state index in [1.807, 2.05) is 30.5 Å². The van der Waals surface area contributed by atoms with Crippen molar-refractivity contribution in [3.05, 3.63) is 76.6 Å². The Morgan fingerprint density at radius 3 is 2.55 bits per heavy atom. The van der Waals surface area contributed by atoms with E-state index < -0.39 is 11.7 Å². The van der Waals surface area contributed by atoms with Gasteiger partial charge in [-0.1, -0.05) is 36.0 Å². The van der Waals surface area contributed by atoms with Crippen LogP contribution < -0.4 is 5.32 Å². The van der Waals surface area contributed by atoms with Crippen LogP contribution in [0.15, 0.2) is 53.7 Å². The van der Waals surface area contributed by atoms with Gasteiger partial charge < -0.3 is 14.6 Å². The van der Waals surface area contributed by atoms with Crippen LogP contribution in [0.2, 0.25) is 0 Å². The highest BCUT2D eigenvalue weighted by Crippen LogP contribution is 2.29. The van der Waals surface area contributed by atoms with Gasteiger partial charge in [0.1, 0.15) is 5.82 Å². The van der Waals surface area contributed by atoms with Crippen LogP contribution >= 0.6 is 11.8 Å². The summed E-state index contributed by atoms with van der Waals surface area (Å²) in [5.74, 6) is 1.11. The summed E-state index contributed by atoms with van der Waals surface area (Å²) in [6.07, 6.45) is -4.42. The predicted octanol–water partition coefficient (Wildman–Crippen LogP) is 5.04. The van der Waals surface area contributed by atoms with Gasteiger partial charge in [0.2, 0.25) is 0 Å². The van der Waals surface area contributed by atoms with Gasteiger partial charge in [-0.25, -0.2) is 0 Å². The van der Waals surface area contributed by atoms with Gasteiger partial charge in [-0.05, 0) is 49.2 Å². The molecular formula is C23H25F3N4O2S. The number of thioether (sulfide) groups is 1. The minimum absolute atomic E-state index is 0.00895. The SMILES string of the molecule is COC[C@@H](C)n1c(C)nnc1SCc1ccc(C(=O)NCc2cccc(C(F)(F)F)c2)cc1.